The van der Waals surface area contributed by atoms with Crippen molar-refractivity contribution < 1.29 is 23.0 Å². The lowest BCUT2D eigenvalue weighted by molar-refractivity contribution is -0.137. The molecular formula is C11H12F3NO2. The largest absolute Gasteiger partial charge is 0.486 e. The third-order valence-electron chi connectivity index (χ3n) is 2.58. The van der Waals surface area contributed by atoms with Crippen LogP contribution in [0, 0.1) is 0 Å². The number of halogens is 3. The summed E-state index contributed by atoms with van der Waals surface area (Å²) in [5, 5.41) is 12.4. The summed E-state index contributed by atoms with van der Waals surface area (Å²) in [6, 6.07) is 4.65. The number of benzene rings is 1. The maximum atomic E-state index is 12.4. The lowest BCUT2D eigenvalue weighted by Crippen LogP contribution is -2.29. The highest BCUT2D eigenvalue weighted by Crippen LogP contribution is 2.31. The average Bonchev–Trinajstić information content (AvgIpc) is 2.64. The fraction of sp³-hybridized carbons (Fsp3) is 0.455. The van der Waals surface area contributed by atoms with Crippen molar-refractivity contribution in [2.75, 3.05) is 13.1 Å². The first-order valence-electron chi connectivity index (χ1n) is 5.19. The molecule has 1 heterocycles. The Morgan fingerprint density at radius 3 is 2.65 bits per heavy atom. The van der Waals surface area contributed by atoms with Gasteiger partial charge in [-0.15, -0.1) is 0 Å². The summed E-state index contributed by atoms with van der Waals surface area (Å²) in [6.45, 7) is 0.820. The summed E-state index contributed by atoms with van der Waals surface area (Å²) in [5.74, 6) is 0.118. The molecule has 6 heteroatoms. The fourth-order valence-corrected chi connectivity index (χ4v) is 1.68. The summed E-state index contributed by atoms with van der Waals surface area (Å²) in [5.41, 5.74) is -0.754. The van der Waals surface area contributed by atoms with E-state index in [1.165, 1.54) is 12.1 Å². The van der Waals surface area contributed by atoms with E-state index in [1.54, 1.807) is 0 Å². The SMILES string of the molecule is OC1CNCC1Oc1cccc(C(F)(F)F)c1. The number of aliphatic hydroxyl groups excluding tert-OH is 1. The highest BCUT2D eigenvalue weighted by atomic mass is 19.4. The Kier molecular flexibility index (Phi) is 3.26. The second-order valence-electron chi connectivity index (χ2n) is 3.91. The number of rotatable bonds is 2. The molecule has 0 bridgehead atoms. The van der Waals surface area contributed by atoms with Gasteiger partial charge < -0.3 is 15.2 Å². The summed E-state index contributed by atoms with van der Waals surface area (Å²) >= 11 is 0. The molecule has 0 radical (unpaired) electrons. The Hall–Kier alpha value is -1.27. The first kappa shape index (κ1) is 12.2. The molecule has 2 unspecified atom stereocenters. The Labute approximate surface area is 96.2 Å². The van der Waals surface area contributed by atoms with Crippen LogP contribution in [0.5, 0.6) is 5.75 Å². The first-order chi connectivity index (χ1) is 7.97. The van der Waals surface area contributed by atoms with Gasteiger partial charge >= 0.3 is 6.18 Å². The Morgan fingerprint density at radius 1 is 1.29 bits per heavy atom. The molecule has 1 saturated heterocycles. The molecule has 0 spiro atoms. The topological polar surface area (TPSA) is 41.5 Å². The number of aliphatic hydroxyl groups is 1. The van der Waals surface area contributed by atoms with Gasteiger partial charge in [0.2, 0.25) is 0 Å². The van der Waals surface area contributed by atoms with Crippen LogP contribution in [0.3, 0.4) is 0 Å². The minimum absolute atomic E-state index is 0.118. The van der Waals surface area contributed by atoms with Crippen LogP contribution in [-0.2, 0) is 6.18 Å². The summed E-state index contributed by atoms with van der Waals surface area (Å²) in [7, 11) is 0. The number of alkyl halides is 3. The van der Waals surface area contributed by atoms with E-state index in [9.17, 15) is 18.3 Å². The summed E-state index contributed by atoms with van der Waals surface area (Å²) in [4.78, 5) is 0. The third-order valence-corrected chi connectivity index (χ3v) is 2.58. The van der Waals surface area contributed by atoms with Crippen LogP contribution in [-0.4, -0.2) is 30.4 Å². The van der Waals surface area contributed by atoms with E-state index in [0.717, 1.165) is 12.1 Å². The van der Waals surface area contributed by atoms with Crippen LogP contribution in [0.25, 0.3) is 0 Å². The van der Waals surface area contributed by atoms with E-state index in [0.29, 0.717) is 13.1 Å². The highest BCUT2D eigenvalue weighted by molar-refractivity contribution is 5.30. The smallest absolute Gasteiger partial charge is 0.416 e. The van der Waals surface area contributed by atoms with Gasteiger partial charge in [-0.1, -0.05) is 6.07 Å². The zero-order chi connectivity index (χ0) is 12.5. The normalized spacial score (nSPS) is 24.9. The van der Waals surface area contributed by atoms with Crippen LogP contribution >= 0.6 is 0 Å². The number of ether oxygens (including phenoxy) is 1. The van der Waals surface area contributed by atoms with Gasteiger partial charge in [0, 0.05) is 13.1 Å². The highest BCUT2D eigenvalue weighted by Gasteiger charge is 2.31. The van der Waals surface area contributed by atoms with Gasteiger partial charge in [-0.2, -0.15) is 13.2 Å². The van der Waals surface area contributed by atoms with Gasteiger partial charge in [0.15, 0.2) is 0 Å². The molecule has 1 aromatic carbocycles. The van der Waals surface area contributed by atoms with Crippen molar-refractivity contribution in [1.82, 2.24) is 5.32 Å². The zero-order valence-electron chi connectivity index (χ0n) is 8.87. The zero-order valence-corrected chi connectivity index (χ0v) is 8.87. The molecule has 94 valence electrons. The van der Waals surface area contributed by atoms with Crippen LogP contribution in [0.4, 0.5) is 13.2 Å². The number of nitrogens with one attached hydrogen (secondary N) is 1. The number of β-amino-alcohol motifs (C(OH)–C–C–N with tert-alkyl or cyclic N) is 1. The quantitative estimate of drug-likeness (QED) is 0.830. The molecule has 0 saturated carbocycles. The molecule has 2 rings (SSSR count). The number of hydrogen-bond acceptors (Lipinski definition) is 3. The van der Waals surface area contributed by atoms with Crippen molar-refractivity contribution in [3.05, 3.63) is 29.8 Å². The predicted octanol–water partition coefficient (Wildman–Crippen LogP) is 1.42. The fourth-order valence-electron chi connectivity index (χ4n) is 1.68. The molecule has 1 aliphatic rings. The van der Waals surface area contributed by atoms with E-state index in [4.69, 9.17) is 4.74 Å². The van der Waals surface area contributed by atoms with Crippen molar-refractivity contribution in [3.8, 4) is 5.75 Å². The molecule has 0 amide bonds. The lowest BCUT2D eigenvalue weighted by Gasteiger charge is -2.17. The van der Waals surface area contributed by atoms with Gasteiger partial charge in [-0.05, 0) is 18.2 Å². The lowest BCUT2D eigenvalue weighted by atomic mass is 10.2. The number of hydrogen-bond donors (Lipinski definition) is 2. The van der Waals surface area contributed by atoms with Crippen LogP contribution in [0.15, 0.2) is 24.3 Å². The molecule has 0 aliphatic carbocycles. The van der Waals surface area contributed by atoms with Crippen LogP contribution in [0.2, 0.25) is 0 Å². The molecular weight excluding hydrogens is 235 g/mol. The maximum Gasteiger partial charge on any atom is 0.416 e. The summed E-state index contributed by atoms with van der Waals surface area (Å²) in [6.07, 6.45) is -5.57. The van der Waals surface area contributed by atoms with Gasteiger partial charge in [-0.3, -0.25) is 0 Å². The molecule has 2 N–H and O–H groups in total. The molecule has 1 aromatic rings. The second-order valence-corrected chi connectivity index (χ2v) is 3.91. The van der Waals surface area contributed by atoms with Crippen molar-refractivity contribution in [2.24, 2.45) is 0 Å². The summed E-state index contributed by atoms with van der Waals surface area (Å²) < 4.78 is 42.6. The Bertz CT molecular complexity index is 395. The molecule has 1 aliphatic heterocycles. The minimum Gasteiger partial charge on any atom is -0.486 e. The van der Waals surface area contributed by atoms with Crippen molar-refractivity contribution >= 4 is 0 Å². The molecule has 1 fully saturated rings. The standard InChI is InChI=1S/C11H12F3NO2/c12-11(13,14)7-2-1-3-8(4-7)17-10-6-15-5-9(10)16/h1-4,9-10,15-16H,5-6H2. The van der Waals surface area contributed by atoms with Gasteiger partial charge in [0.1, 0.15) is 18.0 Å². The van der Waals surface area contributed by atoms with E-state index in [-0.39, 0.29) is 5.75 Å². The van der Waals surface area contributed by atoms with Crippen LogP contribution in [0.1, 0.15) is 5.56 Å². The van der Waals surface area contributed by atoms with Gasteiger partial charge in [0.05, 0.1) is 5.56 Å². The van der Waals surface area contributed by atoms with Crippen LogP contribution < -0.4 is 10.1 Å². The maximum absolute atomic E-state index is 12.4. The van der Waals surface area contributed by atoms with E-state index in [2.05, 4.69) is 5.32 Å². The average molecular weight is 247 g/mol. The monoisotopic (exact) mass is 247 g/mol. The third kappa shape index (κ3) is 2.89. The van der Waals surface area contributed by atoms with Crippen molar-refractivity contribution in [1.29, 1.82) is 0 Å². The molecule has 0 aromatic heterocycles. The van der Waals surface area contributed by atoms with Crippen molar-refractivity contribution in [3.63, 3.8) is 0 Å². The Morgan fingerprint density at radius 2 is 2.06 bits per heavy atom. The first-order valence-corrected chi connectivity index (χ1v) is 5.19. The Balaban J connectivity index is 2.11. The van der Waals surface area contributed by atoms with Crippen molar-refractivity contribution in [2.45, 2.75) is 18.4 Å². The van der Waals surface area contributed by atoms with E-state index < -0.39 is 23.9 Å². The molecule has 3 nitrogen and oxygen atoms in total. The predicted molar refractivity (Wildman–Crippen MR) is 54.7 cm³/mol. The van der Waals surface area contributed by atoms with Gasteiger partial charge in [0.25, 0.3) is 0 Å². The van der Waals surface area contributed by atoms with E-state index in [1.807, 2.05) is 0 Å². The second kappa shape index (κ2) is 4.54. The van der Waals surface area contributed by atoms with Gasteiger partial charge in [-0.25, -0.2) is 0 Å². The minimum atomic E-state index is -4.38. The van der Waals surface area contributed by atoms with E-state index >= 15 is 0 Å². The molecule has 17 heavy (non-hydrogen) atoms. The molecule has 2 atom stereocenters.